The molecule has 33 heavy (non-hydrogen) atoms. The predicted molar refractivity (Wildman–Crippen MR) is 132 cm³/mol. The third-order valence-corrected chi connectivity index (χ3v) is 5.31. The van der Waals surface area contributed by atoms with E-state index in [-0.39, 0.29) is 0 Å². The SMILES string of the molecule is CCCOc1ccccc1/C=N/Nc1nnc2c3ccccc3n(Cc3ccccc3)c2n1. The highest BCUT2D eigenvalue weighted by Crippen LogP contribution is 2.27. The zero-order chi connectivity index (χ0) is 22.5. The van der Waals surface area contributed by atoms with Crippen LogP contribution in [0.5, 0.6) is 5.75 Å². The van der Waals surface area contributed by atoms with Gasteiger partial charge in [-0.05, 0) is 30.2 Å². The molecule has 0 aliphatic heterocycles. The van der Waals surface area contributed by atoms with Crippen LogP contribution >= 0.6 is 0 Å². The van der Waals surface area contributed by atoms with Crippen LogP contribution in [0, 0.1) is 0 Å². The number of hydrazone groups is 1. The minimum absolute atomic E-state index is 0.336. The molecule has 1 N–H and O–H groups in total. The summed E-state index contributed by atoms with van der Waals surface area (Å²) in [5.41, 5.74) is 7.60. The molecule has 7 nitrogen and oxygen atoms in total. The summed E-state index contributed by atoms with van der Waals surface area (Å²) in [4.78, 5) is 4.75. The molecule has 0 unspecified atom stereocenters. The van der Waals surface area contributed by atoms with Crippen LogP contribution in [0.15, 0.2) is 84.0 Å². The van der Waals surface area contributed by atoms with Crippen molar-refractivity contribution in [1.82, 2.24) is 19.7 Å². The van der Waals surface area contributed by atoms with Crippen LogP contribution in [0.2, 0.25) is 0 Å². The van der Waals surface area contributed by atoms with Crippen molar-refractivity contribution in [3.8, 4) is 5.75 Å². The number of hydrogen-bond acceptors (Lipinski definition) is 6. The Bertz CT molecular complexity index is 1410. The minimum atomic E-state index is 0.336. The molecule has 164 valence electrons. The lowest BCUT2D eigenvalue weighted by molar-refractivity contribution is 0.317. The second-order valence-electron chi connectivity index (χ2n) is 7.65. The van der Waals surface area contributed by atoms with E-state index in [4.69, 9.17) is 9.72 Å². The monoisotopic (exact) mass is 436 g/mol. The molecule has 0 radical (unpaired) electrons. The van der Waals surface area contributed by atoms with Crippen LogP contribution < -0.4 is 10.2 Å². The number of benzene rings is 3. The second kappa shape index (κ2) is 9.48. The highest BCUT2D eigenvalue weighted by Gasteiger charge is 2.14. The second-order valence-corrected chi connectivity index (χ2v) is 7.65. The molecule has 0 bridgehead atoms. The molecule has 2 aromatic heterocycles. The zero-order valence-electron chi connectivity index (χ0n) is 18.3. The molecule has 0 aliphatic rings. The maximum absolute atomic E-state index is 5.79. The van der Waals surface area contributed by atoms with Crippen LogP contribution in [-0.2, 0) is 6.54 Å². The van der Waals surface area contributed by atoms with Gasteiger partial charge in [0.1, 0.15) is 11.3 Å². The van der Waals surface area contributed by atoms with Gasteiger partial charge in [0.25, 0.3) is 5.95 Å². The number of nitrogens with one attached hydrogen (secondary N) is 1. The van der Waals surface area contributed by atoms with E-state index in [2.05, 4.69) is 50.4 Å². The predicted octanol–water partition coefficient (Wildman–Crippen LogP) is 5.26. The standard InChI is InChI=1S/C26H24N6O/c1-2-16-33-23-15-9-6-12-20(23)17-27-30-26-28-25-24(29-31-26)21-13-7-8-14-22(21)32(25)18-19-10-4-3-5-11-19/h3-15,17H,2,16,18H2,1H3,(H,28,30,31)/b27-17+. The average molecular weight is 437 g/mol. The summed E-state index contributed by atoms with van der Waals surface area (Å²) in [6.07, 6.45) is 2.65. The molecule has 2 heterocycles. The Balaban J connectivity index is 1.47. The Morgan fingerprint density at radius 2 is 1.73 bits per heavy atom. The summed E-state index contributed by atoms with van der Waals surface area (Å²) in [7, 11) is 0. The number of ether oxygens (including phenoxy) is 1. The molecule has 0 fully saturated rings. The van der Waals surface area contributed by atoms with E-state index in [0.717, 1.165) is 39.8 Å². The molecule has 5 aromatic rings. The van der Waals surface area contributed by atoms with Gasteiger partial charge >= 0.3 is 0 Å². The van der Waals surface area contributed by atoms with E-state index in [1.54, 1.807) is 6.21 Å². The summed E-state index contributed by atoms with van der Waals surface area (Å²) in [5, 5.41) is 14.1. The van der Waals surface area contributed by atoms with Gasteiger partial charge in [0.15, 0.2) is 5.65 Å². The fourth-order valence-corrected chi connectivity index (χ4v) is 3.77. The molecular weight excluding hydrogens is 412 g/mol. The van der Waals surface area contributed by atoms with Crippen LogP contribution in [0.4, 0.5) is 5.95 Å². The summed E-state index contributed by atoms with van der Waals surface area (Å²) in [6, 6.07) is 26.3. The fourth-order valence-electron chi connectivity index (χ4n) is 3.77. The van der Waals surface area contributed by atoms with Gasteiger partial charge in [0.05, 0.1) is 18.3 Å². The summed E-state index contributed by atoms with van der Waals surface area (Å²) in [6.45, 7) is 3.43. The van der Waals surface area contributed by atoms with Gasteiger partial charge in [0.2, 0.25) is 0 Å². The number of aromatic nitrogens is 4. The fraction of sp³-hybridized carbons (Fsp3) is 0.154. The van der Waals surface area contributed by atoms with Crippen molar-refractivity contribution >= 4 is 34.2 Å². The lowest BCUT2D eigenvalue weighted by atomic mass is 10.2. The van der Waals surface area contributed by atoms with Crippen LogP contribution in [0.1, 0.15) is 24.5 Å². The van der Waals surface area contributed by atoms with Gasteiger partial charge in [0, 0.05) is 17.5 Å². The molecule has 7 heteroatoms. The first-order chi connectivity index (χ1) is 16.3. The molecule has 0 saturated heterocycles. The highest BCUT2D eigenvalue weighted by molar-refractivity contribution is 6.04. The lowest BCUT2D eigenvalue weighted by Crippen LogP contribution is -2.04. The Hall–Kier alpha value is -4.26. The van der Waals surface area contributed by atoms with Gasteiger partial charge in [-0.15, -0.1) is 10.2 Å². The lowest BCUT2D eigenvalue weighted by Gasteiger charge is -2.08. The van der Waals surface area contributed by atoms with Crippen molar-refractivity contribution in [3.63, 3.8) is 0 Å². The Kier molecular flexibility index (Phi) is 5.93. The first kappa shape index (κ1) is 20.6. The molecule has 0 spiro atoms. The Morgan fingerprint density at radius 1 is 0.939 bits per heavy atom. The highest BCUT2D eigenvalue weighted by atomic mass is 16.5. The maximum Gasteiger partial charge on any atom is 0.265 e. The first-order valence-corrected chi connectivity index (χ1v) is 11.0. The summed E-state index contributed by atoms with van der Waals surface area (Å²) < 4.78 is 7.95. The number of nitrogens with zero attached hydrogens (tertiary/aromatic N) is 5. The topological polar surface area (TPSA) is 77.2 Å². The molecule has 0 aliphatic carbocycles. The van der Waals surface area contributed by atoms with E-state index >= 15 is 0 Å². The van der Waals surface area contributed by atoms with Crippen LogP contribution in [-0.4, -0.2) is 32.6 Å². The van der Waals surface area contributed by atoms with E-state index in [1.807, 2.05) is 60.7 Å². The third kappa shape index (κ3) is 4.39. The van der Waals surface area contributed by atoms with Gasteiger partial charge in [-0.1, -0.05) is 67.6 Å². The van der Waals surface area contributed by atoms with Crippen molar-refractivity contribution in [2.75, 3.05) is 12.0 Å². The van der Waals surface area contributed by atoms with Crippen molar-refractivity contribution in [3.05, 3.63) is 90.0 Å². The normalized spacial score (nSPS) is 11.4. The third-order valence-electron chi connectivity index (χ3n) is 5.31. The summed E-state index contributed by atoms with van der Waals surface area (Å²) in [5.74, 6) is 1.13. The largest absolute Gasteiger partial charge is 0.493 e. The van der Waals surface area contributed by atoms with Crippen LogP contribution in [0.3, 0.4) is 0 Å². The quantitative estimate of drug-likeness (QED) is 0.265. The molecule has 0 saturated carbocycles. The molecule has 0 amide bonds. The molecule has 0 atom stereocenters. The van der Waals surface area contributed by atoms with Gasteiger partial charge in [-0.25, -0.2) is 5.43 Å². The molecule has 5 rings (SSSR count). The maximum atomic E-state index is 5.79. The van der Waals surface area contributed by atoms with E-state index in [0.29, 0.717) is 19.1 Å². The number of anilines is 1. The smallest absolute Gasteiger partial charge is 0.265 e. The Morgan fingerprint density at radius 3 is 2.61 bits per heavy atom. The number of rotatable bonds is 8. The van der Waals surface area contributed by atoms with Gasteiger partial charge in [-0.2, -0.15) is 10.1 Å². The van der Waals surface area contributed by atoms with E-state index in [9.17, 15) is 0 Å². The molecular formula is C26H24N6O. The van der Waals surface area contributed by atoms with Crippen LogP contribution in [0.25, 0.3) is 22.1 Å². The minimum Gasteiger partial charge on any atom is -0.493 e. The van der Waals surface area contributed by atoms with Crippen molar-refractivity contribution < 1.29 is 4.74 Å². The van der Waals surface area contributed by atoms with Crippen molar-refractivity contribution in [2.24, 2.45) is 5.10 Å². The number of para-hydroxylation sites is 2. The van der Waals surface area contributed by atoms with E-state index < -0.39 is 0 Å². The average Bonchev–Trinajstić information content (AvgIpc) is 3.17. The number of hydrogen-bond donors (Lipinski definition) is 1. The number of fused-ring (bicyclic) bond motifs is 3. The molecule has 3 aromatic carbocycles. The van der Waals surface area contributed by atoms with Crippen molar-refractivity contribution in [2.45, 2.75) is 19.9 Å². The van der Waals surface area contributed by atoms with E-state index in [1.165, 1.54) is 5.56 Å². The summed E-state index contributed by atoms with van der Waals surface area (Å²) >= 11 is 0. The zero-order valence-corrected chi connectivity index (χ0v) is 18.3. The van der Waals surface area contributed by atoms with Crippen molar-refractivity contribution in [1.29, 1.82) is 0 Å². The first-order valence-electron chi connectivity index (χ1n) is 11.0. The van der Waals surface area contributed by atoms with Gasteiger partial charge < -0.3 is 9.30 Å². The Labute approximate surface area is 191 Å². The van der Waals surface area contributed by atoms with Gasteiger partial charge in [-0.3, -0.25) is 0 Å².